The molecule has 1 aliphatic rings. The number of pyridine rings is 1. The van der Waals surface area contributed by atoms with E-state index in [1.54, 1.807) is 12.3 Å². The number of imidazole rings is 1. The van der Waals surface area contributed by atoms with Gasteiger partial charge in [0.1, 0.15) is 12.4 Å². The zero-order chi connectivity index (χ0) is 20.5. The molecule has 3 heterocycles. The van der Waals surface area contributed by atoms with Crippen molar-refractivity contribution in [1.82, 2.24) is 15.0 Å². The summed E-state index contributed by atoms with van der Waals surface area (Å²) in [6, 6.07) is 19.0. The molecule has 0 saturated heterocycles. The van der Waals surface area contributed by atoms with Gasteiger partial charge in [0.2, 0.25) is 11.8 Å². The molecule has 0 aliphatic carbocycles. The summed E-state index contributed by atoms with van der Waals surface area (Å²) < 4.78 is 0. The van der Waals surface area contributed by atoms with Gasteiger partial charge in [-0.15, -0.1) is 0 Å². The predicted octanol–water partition coefficient (Wildman–Crippen LogP) is 3.70. The topological polar surface area (TPSA) is 91.0 Å². The molecule has 2 aromatic carbocycles. The van der Waals surface area contributed by atoms with Crippen molar-refractivity contribution in [3.63, 3.8) is 0 Å². The van der Waals surface area contributed by atoms with Crippen LogP contribution < -0.4 is 10.2 Å². The second-order valence-electron chi connectivity index (χ2n) is 6.82. The van der Waals surface area contributed by atoms with E-state index in [0.29, 0.717) is 5.69 Å². The van der Waals surface area contributed by atoms with Gasteiger partial charge in [0.25, 0.3) is 0 Å². The Bertz CT molecular complexity index is 1220. The van der Waals surface area contributed by atoms with Crippen LogP contribution in [0.5, 0.6) is 0 Å². The zero-order valence-corrected chi connectivity index (χ0v) is 16.6. The van der Waals surface area contributed by atoms with Crippen molar-refractivity contribution in [1.29, 1.82) is 0 Å². The lowest BCUT2D eigenvalue weighted by atomic mass is 10.2. The molecule has 0 saturated carbocycles. The number of carbonyl (C=O) groups is 2. The summed E-state index contributed by atoms with van der Waals surface area (Å²) in [5, 5.41) is 3.52. The number of rotatable bonds is 4. The molecule has 0 unspecified atom stereocenters. The Morgan fingerprint density at radius 2 is 1.90 bits per heavy atom. The first kappa shape index (κ1) is 18.4. The van der Waals surface area contributed by atoms with Crippen LogP contribution >= 0.6 is 11.8 Å². The average molecular weight is 415 g/mol. The largest absolute Gasteiger partial charge is 0.338 e. The fraction of sp³-hybridized carbons (Fsp3) is 0.0909. The van der Waals surface area contributed by atoms with E-state index < -0.39 is 0 Å². The first-order valence-electron chi connectivity index (χ1n) is 9.40. The van der Waals surface area contributed by atoms with Crippen molar-refractivity contribution in [2.45, 2.75) is 5.03 Å². The van der Waals surface area contributed by atoms with Gasteiger partial charge in [-0.25, -0.2) is 9.97 Å². The highest BCUT2D eigenvalue weighted by molar-refractivity contribution is 7.99. The van der Waals surface area contributed by atoms with Crippen LogP contribution in [-0.2, 0) is 9.59 Å². The normalized spacial score (nSPS) is 13.2. The van der Waals surface area contributed by atoms with Crippen molar-refractivity contribution in [3.8, 4) is 11.4 Å². The van der Waals surface area contributed by atoms with Crippen LogP contribution in [0.1, 0.15) is 0 Å². The van der Waals surface area contributed by atoms with Gasteiger partial charge in [-0.05, 0) is 36.4 Å². The zero-order valence-electron chi connectivity index (χ0n) is 15.8. The van der Waals surface area contributed by atoms with Crippen LogP contribution in [0, 0.1) is 0 Å². The van der Waals surface area contributed by atoms with Crippen LogP contribution in [0.25, 0.3) is 22.4 Å². The van der Waals surface area contributed by atoms with Crippen molar-refractivity contribution in [2.24, 2.45) is 0 Å². The molecular formula is C22H17N5O2S. The Balaban J connectivity index is 1.28. The Morgan fingerprint density at radius 3 is 2.73 bits per heavy atom. The number of aromatic amines is 1. The van der Waals surface area contributed by atoms with E-state index in [2.05, 4.69) is 20.3 Å². The van der Waals surface area contributed by atoms with Gasteiger partial charge in [-0.2, -0.15) is 0 Å². The van der Waals surface area contributed by atoms with Gasteiger partial charge in [0.15, 0.2) is 0 Å². The Hall–Kier alpha value is -3.65. The van der Waals surface area contributed by atoms with Crippen LogP contribution in [0.4, 0.5) is 11.4 Å². The fourth-order valence-corrected chi connectivity index (χ4v) is 4.08. The number of hydrogen-bond acceptors (Lipinski definition) is 5. The molecule has 7 nitrogen and oxygen atoms in total. The van der Waals surface area contributed by atoms with E-state index in [4.69, 9.17) is 0 Å². The van der Waals surface area contributed by atoms with E-state index in [-0.39, 0.29) is 24.1 Å². The lowest BCUT2D eigenvalue weighted by Gasteiger charge is -2.29. The van der Waals surface area contributed by atoms with E-state index >= 15 is 0 Å². The molecule has 0 spiro atoms. The maximum atomic E-state index is 12.7. The standard InChI is InChI=1S/C22H17N5O2S/c28-19-12-27(18-8-4-3-7-17(18)24-19)21(29)13-30-20-10-9-14(11-23-20)22-25-15-5-1-2-6-16(15)26-22/h1-11H,12-13H2,(H,24,28)(H,25,26). The number of hydrogen-bond donors (Lipinski definition) is 2. The molecule has 2 aromatic heterocycles. The van der Waals surface area contributed by atoms with E-state index in [1.807, 2.05) is 54.6 Å². The van der Waals surface area contributed by atoms with Crippen LogP contribution in [-0.4, -0.2) is 39.1 Å². The summed E-state index contributed by atoms with van der Waals surface area (Å²) in [6.07, 6.45) is 1.74. The molecule has 148 valence electrons. The minimum absolute atomic E-state index is 0.0226. The van der Waals surface area contributed by atoms with Crippen molar-refractivity contribution in [2.75, 3.05) is 22.5 Å². The molecule has 5 rings (SSSR count). The lowest BCUT2D eigenvalue weighted by molar-refractivity contribution is -0.120. The Morgan fingerprint density at radius 1 is 1.07 bits per heavy atom. The smallest absolute Gasteiger partial charge is 0.244 e. The third-order valence-electron chi connectivity index (χ3n) is 4.81. The maximum absolute atomic E-state index is 12.7. The quantitative estimate of drug-likeness (QED) is 0.496. The van der Waals surface area contributed by atoms with Crippen LogP contribution in [0.15, 0.2) is 71.9 Å². The predicted molar refractivity (Wildman–Crippen MR) is 117 cm³/mol. The molecule has 2 amide bonds. The van der Waals surface area contributed by atoms with Crippen LogP contribution in [0.2, 0.25) is 0 Å². The monoisotopic (exact) mass is 415 g/mol. The summed E-state index contributed by atoms with van der Waals surface area (Å²) in [6.45, 7) is 0.0226. The van der Waals surface area contributed by atoms with Crippen molar-refractivity contribution in [3.05, 3.63) is 66.9 Å². The molecule has 0 bridgehead atoms. The number of benzene rings is 2. The number of carbonyl (C=O) groups excluding carboxylic acids is 2. The third kappa shape index (κ3) is 3.53. The Labute approximate surface area is 176 Å². The highest BCUT2D eigenvalue weighted by Crippen LogP contribution is 2.30. The maximum Gasteiger partial charge on any atom is 0.244 e. The number of thioether (sulfide) groups is 1. The molecule has 1 aliphatic heterocycles. The molecule has 4 aromatic rings. The van der Waals surface area contributed by atoms with Gasteiger partial charge < -0.3 is 15.2 Å². The molecule has 8 heteroatoms. The number of aromatic nitrogens is 3. The number of anilines is 2. The highest BCUT2D eigenvalue weighted by Gasteiger charge is 2.26. The first-order chi connectivity index (χ1) is 14.7. The molecule has 0 radical (unpaired) electrons. The summed E-state index contributed by atoms with van der Waals surface area (Å²) in [5.41, 5.74) is 4.13. The van der Waals surface area contributed by atoms with Gasteiger partial charge in [0.05, 0.1) is 33.2 Å². The van der Waals surface area contributed by atoms with Gasteiger partial charge in [-0.3, -0.25) is 9.59 Å². The molecule has 2 N–H and O–H groups in total. The number of para-hydroxylation sites is 4. The second kappa shape index (κ2) is 7.64. The van der Waals surface area contributed by atoms with E-state index in [0.717, 1.165) is 33.1 Å². The minimum Gasteiger partial charge on any atom is -0.338 e. The fourth-order valence-electron chi connectivity index (χ4n) is 3.36. The summed E-state index contributed by atoms with van der Waals surface area (Å²) >= 11 is 1.34. The number of fused-ring (bicyclic) bond motifs is 2. The van der Waals surface area contributed by atoms with Gasteiger partial charge >= 0.3 is 0 Å². The van der Waals surface area contributed by atoms with Gasteiger partial charge in [0, 0.05) is 11.8 Å². The molecule has 0 atom stereocenters. The number of nitrogens with one attached hydrogen (secondary N) is 2. The SMILES string of the molecule is O=C1CN(C(=O)CSc2ccc(-c3nc4ccccc4[nH]3)cn2)c2ccccc2N1. The second-order valence-corrected chi connectivity index (χ2v) is 7.82. The third-order valence-corrected chi connectivity index (χ3v) is 5.74. The Kier molecular flexibility index (Phi) is 4.68. The summed E-state index contributed by atoms with van der Waals surface area (Å²) in [5.74, 6) is 0.622. The van der Waals surface area contributed by atoms with Crippen LogP contribution in [0.3, 0.4) is 0 Å². The molecule has 0 fully saturated rings. The first-order valence-corrected chi connectivity index (χ1v) is 10.4. The van der Waals surface area contributed by atoms with Crippen molar-refractivity contribution >= 4 is 46.0 Å². The number of amides is 2. The van der Waals surface area contributed by atoms with E-state index in [1.165, 1.54) is 16.7 Å². The number of nitrogens with zero attached hydrogens (tertiary/aromatic N) is 3. The van der Waals surface area contributed by atoms with E-state index in [9.17, 15) is 9.59 Å². The lowest BCUT2D eigenvalue weighted by Crippen LogP contribution is -2.43. The minimum atomic E-state index is -0.194. The number of H-pyrrole nitrogens is 1. The highest BCUT2D eigenvalue weighted by atomic mass is 32.2. The van der Waals surface area contributed by atoms with Gasteiger partial charge in [-0.1, -0.05) is 36.0 Å². The average Bonchev–Trinajstić information content (AvgIpc) is 3.21. The molecule has 30 heavy (non-hydrogen) atoms. The summed E-state index contributed by atoms with van der Waals surface area (Å²) in [7, 11) is 0. The summed E-state index contributed by atoms with van der Waals surface area (Å²) in [4.78, 5) is 38.5. The van der Waals surface area contributed by atoms with Crippen molar-refractivity contribution < 1.29 is 9.59 Å². The molecular weight excluding hydrogens is 398 g/mol.